The molecule has 0 aliphatic rings. The molecule has 0 atom stereocenters. The zero-order valence-electron chi connectivity index (χ0n) is 10.4. The number of hydrogen-bond acceptors (Lipinski definition) is 5. The molecule has 0 saturated heterocycles. The van der Waals surface area contributed by atoms with Crippen LogP contribution in [0.2, 0.25) is 0 Å². The largest absolute Gasteiger partial charge is 0.435 e. The molecular weight excluding hydrogens is 272 g/mol. The topological polar surface area (TPSA) is 73.9 Å². The lowest BCUT2D eigenvalue weighted by molar-refractivity contribution is 0.458. The van der Waals surface area contributed by atoms with Gasteiger partial charge in [0.25, 0.3) is 0 Å². The van der Waals surface area contributed by atoms with Gasteiger partial charge in [-0.1, -0.05) is 30.4 Å². The van der Waals surface area contributed by atoms with Crippen LogP contribution in [0.1, 0.15) is 5.69 Å². The van der Waals surface area contributed by atoms with Crippen LogP contribution in [0.5, 0.6) is 11.6 Å². The predicted molar refractivity (Wildman–Crippen MR) is 79.7 cm³/mol. The first-order valence-corrected chi connectivity index (χ1v) is 6.28. The lowest BCUT2D eigenvalue weighted by atomic mass is 10.2. The van der Waals surface area contributed by atoms with E-state index in [4.69, 9.17) is 22.7 Å². The van der Waals surface area contributed by atoms with Gasteiger partial charge < -0.3 is 10.5 Å². The minimum Gasteiger partial charge on any atom is -0.435 e. The Hall–Kier alpha value is -2.60. The highest BCUT2D eigenvalue weighted by molar-refractivity contribution is 7.80. The average molecular weight is 282 g/mol. The van der Waals surface area contributed by atoms with E-state index in [0.29, 0.717) is 11.4 Å². The highest BCUT2D eigenvalue weighted by atomic mass is 32.1. The summed E-state index contributed by atoms with van der Waals surface area (Å²) in [5.41, 5.74) is 6.85. The van der Waals surface area contributed by atoms with Crippen molar-refractivity contribution in [2.24, 2.45) is 5.73 Å². The van der Waals surface area contributed by atoms with E-state index in [1.54, 1.807) is 6.20 Å². The smallest absolute Gasteiger partial charge is 0.248 e. The molecular formula is C14H10N4OS. The molecule has 0 spiro atoms. The van der Waals surface area contributed by atoms with E-state index < -0.39 is 0 Å². The minimum atomic E-state index is 0.141. The molecule has 0 fully saturated rings. The van der Waals surface area contributed by atoms with Gasteiger partial charge in [-0.2, -0.15) is 0 Å². The predicted octanol–water partition coefficient (Wildman–Crippen LogP) is 2.45. The molecule has 0 bridgehead atoms. The monoisotopic (exact) mass is 282 g/mol. The summed E-state index contributed by atoms with van der Waals surface area (Å²) in [5, 5.41) is 0.978. The number of hydrogen-bond donors (Lipinski definition) is 1. The third-order valence-corrected chi connectivity index (χ3v) is 2.87. The van der Waals surface area contributed by atoms with E-state index in [-0.39, 0.29) is 10.9 Å². The molecule has 98 valence electrons. The van der Waals surface area contributed by atoms with Crippen LogP contribution in [0.4, 0.5) is 0 Å². The first-order valence-electron chi connectivity index (χ1n) is 5.87. The zero-order chi connectivity index (χ0) is 13.9. The molecule has 3 rings (SSSR count). The van der Waals surface area contributed by atoms with Crippen molar-refractivity contribution in [2.75, 3.05) is 0 Å². The lowest BCUT2D eigenvalue weighted by Gasteiger charge is -2.08. The first kappa shape index (κ1) is 12.4. The van der Waals surface area contributed by atoms with E-state index in [9.17, 15) is 0 Å². The number of rotatable bonds is 3. The fraction of sp³-hybridized carbons (Fsp3) is 0. The second kappa shape index (κ2) is 5.18. The number of fused-ring (bicyclic) bond motifs is 1. The minimum absolute atomic E-state index is 0.141. The fourth-order valence-electron chi connectivity index (χ4n) is 1.79. The van der Waals surface area contributed by atoms with Gasteiger partial charge in [0.05, 0.1) is 11.7 Å². The molecule has 2 heterocycles. The molecule has 0 amide bonds. The zero-order valence-corrected chi connectivity index (χ0v) is 11.2. The molecule has 2 N–H and O–H groups in total. The van der Waals surface area contributed by atoms with Gasteiger partial charge in [-0.05, 0) is 12.1 Å². The summed E-state index contributed by atoms with van der Waals surface area (Å²) in [4.78, 5) is 12.6. The van der Waals surface area contributed by atoms with Crippen molar-refractivity contribution >= 4 is 28.1 Å². The molecule has 0 radical (unpaired) electrons. The number of nitrogens with two attached hydrogens (primary N) is 1. The van der Waals surface area contributed by atoms with Crippen molar-refractivity contribution in [2.45, 2.75) is 0 Å². The summed E-state index contributed by atoms with van der Waals surface area (Å²) >= 11 is 4.92. The van der Waals surface area contributed by atoms with Crippen LogP contribution in [0.25, 0.3) is 10.9 Å². The molecule has 1 aromatic carbocycles. The second-order valence-electron chi connectivity index (χ2n) is 4.04. The van der Waals surface area contributed by atoms with Gasteiger partial charge in [-0.15, -0.1) is 0 Å². The van der Waals surface area contributed by atoms with Crippen LogP contribution in [-0.2, 0) is 0 Å². The number of thiocarbonyl (C=S) groups is 1. The third-order valence-electron chi connectivity index (χ3n) is 2.68. The van der Waals surface area contributed by atoms with E-state index in [0.717, 1.165) is 10.9 Å². The van der Waals surface area contributed by atoms with Gasteiger partial charge >= 0.3 is 0 Å². The second-order valence-corrected chi connectivity index (χ2v) is 4.48. The standard InChI is InChI=1S/C14H10N4OS/c15-13(20)12-14(17-6-5-16-12)19-10-7-9-3-1-2-4-11(9)18-8-10/h1-8H,(H2,15,20). The first-order chi connectivity index (χ1) is 9.74. The van der Waals surface area contributed by atoms with E-state index in [2.05, 4.69) is 15.0 Å². The van der Waals surface area contributed by atoms with Crippen molar-refractivity contribution in [3.8, 4) is 11.6 Å². The Morgan fingerprint density at radius 2 is 1.90 bits per heavy atom. The normalized spacial score (nSPS) is 10.4. The van der Waals surface area contributed by atoms with Gasteiger partial charge in [0.1, 0.15) is 10.7 Å². The Bertz CT molecular complexity index is 791. The van der Waals surface area contributed by atoms with Gasteiger partial charge in [-0.3, -0.25) is 4.98 Å². The summed E-state index contributed by atoms with van der Waals surface area (Å²) in [6.45, 7) is 0. The molecule has 0 aliphatic heterocycles. The Kier molecular flexibility index (Phi) is 3.22. The Labute approximate surface area is 120 Å². The highest BCUT2D eigenvalue weighted by Crippen LogP contribution is 2.24. The van der Waals surface area contributed by atoms with Crippen LogP contribution in [0.3, 0.4) is 0 Å². The highest BCUT2D eigenvalue weighted by Gasteiger charge is 2.10. The Morgan fingerprint density at radius 1 is 1.10 bits per heavy atom. The molecule has 3 aromatic rings. The quantitative estimate of drug-likeness (QED) is 0.744. The number of benzene rings is 1. The fourth-order valence-corrected chi connectivity index (χ4v) is 1.93. The van der Waals surface area contributed by atoms with Crippen LogP contribution < -0.4 is 10.5 Å². The van der Waals surface area contributed by atoms with Gasteiger partial charge in [-0.25, -0.2) is 9.97 Å². The van der Waals surface area contributed by atoms with Crippen LogP contribution in [0, 0.1) is 0 Å². The molecule has 2 aromatic heterocycles. The maximum Gasteiger partial charge on any atom is 0.248 e. The maximum absolute atomic E-state index is 5.68. The van der Waals surface area contributed by atoms with Gasteiger partial charge in [0, 0.05) is 17.8 Å². The van der Waals surface area contributed by atoms with Crippen LogP contribution in [-0.4, -0.2) is 19.9 Å². The molecule has 0 unspecified atom stereocenters. The molecule has 5 nitrogen and oxygen atoms in total. The van der Waals surface area contributed by atoms with Crippen molar-refractivity contribution in [3.05, 3.63) is 54.6 Å². The van der Waals surface area contributed by atoms with Gasteiger partial charge in [0.2, 0.25) is 5.88 Å². The summed E-state index contributed by atoms with van der Waals surface area (Å²) in [5.74, 6) is 0.832. The summed E-state index contributed by atoms with van der Waals surface area (Å²) in [6, 6.07) is 9.64. The molecule has 20 heavy (non-hydrogen) atoms. The lowest BCUT2D eigenvalue weighted by Crippen LogP contribution is -2.13. The van der Waals surface area contributed by atoms with Crippen molar-refractivity contribution in [3.63, 3.8) is 0 Å². The van der Waals surface area contributed by atoms with E-state index in [1.807, 2.05) is 30.3 Å². The Morgan fingerprint density at radius 3 is 2.75 bits per heavy atom. The number of pyridine rings is 1. The van der Waals surface area contributed by atoms with Crippen LogP contribution in [0.15, 0.2) is 48.9 Å². The van der Waals surface area contributed by atoms with Crippen molar-refractivity contribution < 1.29 is 4.74 Å². The number of ether oxygens (including phenoxy) is 1. The number of aromatic nitrogens is 3. The molecule has 0 saturated carbocycles. The van der Waals surface area contributed by atoms with Gasteiger partial charge in [0.15, 0.2) is 5.69 Å². The number of nitrogens with zero attached hydrogens (tertiary/aromatic N) is 3. The summed E-state index contributed by atoms with van der Waals surface area (Å²) in [6.07, 6.45) is 4.66. The molecule has 6 heteroatoms. The Balaban J connectivity index is 1.99. The summed E-state index contributed by atoms with van der Waals surface area (Å²) in [7, 11) is 0. The van der Waals surface area contributed by atoms with Crippen molar-refractivity contribution in [1.82, 2.24) is 15.0 Å². The van der Waals surface area contributed by atoms with Crippen molar-refractivity contribution in [1.29, 1.82) is 0 Å². The maximum atomic E-state index is 5.68. The number of para-hydroxylation sites is 1. The third kappa shape index (κ3) is 2.41. The summed E-state index contributed by atoms with van der Waals surface area (Å²) < 4.78 is 5.68. The average Bonchev–Trinajstić information content (AvgIpc) is 2.47. The SMILES string of the molecule is NC(=S)c1nccnc1Oc1cnc2ccccc2c1. The molecule has 0 aliphatic carbocycles. The van der Waals surface area contributed by atoms with E-state index >= 15 is 0 Å². The van der Waals surface area contributed by atoms with Crippen LogP contribution >= 0.6 is 12.2 Å². The van der Waals surface area contributed by atoms with E-state index in [1.165, 1.54) is 12.4 Å².